The van der Waals surface area contributed by atoms with Crippen LogP contribution in [0.15, 0.2) is 39.8 Å². The first-order chi connectivity index (χ1) is 12.7. The van der Waals surface area contributed by atoms with Crippen LogP contribution in [-0.4, -0.2) is 37.8 Å². The van der Waals surface area contributed by atoms with Gasteiger partial charge in [-0.25, -0.2) is 8.42 Å². The van der Waals surface area contributed by atoms with Crippen LogP contribution < -0.4 is 10.0 Å². The highest BCUT2D eigenvalue weighted by Crippen LogP contribution is 2.34. The predicted molar refractivity (Wildman–Crippen MR) is 116 cm³/mol. The first-order valence-electron chi connectivity index (χ1n) is 8.18. The van der Waals surface area contributed by atoms with Gasteiger partial charge in [-0.2, -0.15) is 4.72 Å². The first-order valence-corrected chi connectivity index (χ1v) is 10.9. The van der Waals surface area contributed by atoms with E-state index in [0.29, 0.717) is 23.4 Å². The molecule has 0 aliphatic carbocycles. The molecule has 1 aromatic carbocycles. The van der Waals surface area contributed by atoms with Crippen LogP contribution in [0.1, 0.15) is 24.7 Å². The predicted octanol–water partition coefficient (Wildman–Crippen LogP) is 3.73. The first kappa shape index (κ1) is 22.2. The van der Waals surface area contributed by atoms with Gasteiger partial charge in [0, 0.05) is 5.56 Å². The Balaban J connectivity index is 2.52. The van der Waals surface area contributed by atoms with E-state index in [4.69, 9.17) is 28.2 Å². The SMILES string of the molecule is CCC(NS(=O)(=O)c1c(Cl)ccc(C(=S)S)c1NCc1ccco1)N(C)C. The topological polar surface area (TPSA) is 74.6 Å². The van der Waals surface area contributed by atoms with Crippen LogP contribution in [0.4, 0.5) is 5.69 Å². The standard InChI is InChI=1S/C17H22ClN3O3S3/c1-4-14(21(2)3)20-27(22,23)16-13(18)8-7-12(17(25)26)15(16)19-10-11-6-5-9-24-11/h5-9,14,19-20H,4,10H2,1-3H3,(H,25,26). The minimum atomic E-state index is -3.94. The van der Waals surface area contributed by atoms with Gasteiger partial charge >= 0.3 is 0 Å². The number of rotatable bonds is 9. The molecule has 1 atom stereocenters. The van der Waals surface area contributed by atoms with E-state index in [1.54, 1.807) is 43.5 Å². The van der Waals surface area contributed by atoms with Crippen molar-refractivity contribution in [3.05, 3.63) is 46.9 Å². The van der Waals surface area contributed by atoms with E-state index in [1.165, 1.54) is 6.07 Å². The average molecular weight is 448 g/mol. The molecule has 10 heteroatoms. The molecular weight excluding hydrogens is 426 g/mol. The second-order valence-corrected chi connectivity index (χ2v) is 9.26. The molecule has 148 valence electrons. The zero-order valence-corrected chi connectivity index (χ0v) is 18.5. The number of hydrogen-bond acceptors (Lipinski definition) is 6. The van der Waals surface area contributed by atoms with Gasteiger partial charge in [0.1, 0.15) is 10.7 Å². The van der Waals surface area contributed by atoms with Crippen LogP contribution in [0.25, 0.3) is 0 Å². The molecule has 0 bridgehead atoms. The number of sulfonamides is 1. The molecular formula is C17H22ClN3O3S3. The Hall–Kier alpha value is -1.10. The lowest BCUT2D eigenvalue weighted by molar-refractivity contribution is 0.271. The fourth-order valence-electron chi connectivity index (χ4n) is 2.55. The van der Waals surface area contributed by atoms with Gasteiger partial charge in [0.25, 0.3) is 0 Å². The number of furan rings is 1. The van der Waals surface area contributed by atoms with Gasteiger partial charge < -0.3 is 9.73 Å². The van der Waals surface area contributed by atoms with E-state index in [1.807, 2.05) is 6.92 Å². The van der Waals surface area contributed by atoms with Crippen LogP contribution in [0.3, 0.4) is 0 Å². The molecule has 27 heavy (non-hydrogen) atoms. The molecule has 0 saturated heterocycles. The molecule has 1 aromatic heterocycles. The molecule has 2 rings (SSSR count). The largest absolute Gasteiger partial charge is 0.467 e. The summed E-state index contributed by atoms with van der Waals surface area (Å²) in [5.74, 6) is 0.641. The van der Waals surface area contributed by atoms with Crippen LogP contribution in [-0.2, 0) is 16.6 Å². The number of nitrogens with one attached hydrogen (secondary N) is 2. The Kier molecular flexibility index (Phi) is 7.73. The molecule has 2 N–H and O–H groups in total. The van der Waals surface area contributed by atoms with Crippen molar-refractivity contribution in [2.75, 3.05) is 19.4 Å². The smallest absolute Gasteiger partial charge is 0.245 e. The van der Waals surface area contributed by atoms with E-state index >= 15 is 0 Å². The molecule has 0 aliphatic heterocycles. The van der Waals surface area contributed by atoms with Crippen molar-refractivity contribution in [1.29, 1.82) is 0 Å². The summed E-state index contributed by atoms with van der Waals surface area (Å²) in [5, 5.41) is 3.17. The highest BCUT2D eigenvalue weighted by Gasteiger charge is 2.28. The Morgan fingerprint density at radius 2 is 2.07 bits per heavy atom. The van der Waals surface area contributed by atoms with Gasteiger partial charge in [0.2, 0.25) is 10.0 Å². The fraction of sp³-hybridized carbons (Fsp3) is 0.353. The number of halogens is 1. The number of nitrogens with zero attached hydrogens (tertiary/aromatic N) is 1. The minimum Gasteiger partial charge on any atom is -0.467 e. The molecule has 0 amide bonds. The summed E-state index contributed by atoms with van der Waals surface area (Å²) in [6, 6.07) is 6.68. The lowest BCUT2D eigenvalue weighted by Gasteiger charge is -2.25. The van der Waals surface area contributed by atoms with Gasteiger partial charge in [-0.15, -0.1) is 12.6 Å². The Morgan fingerprint density at radius 3 is 2.59 bits per heavy atom. The third-order valence-corrected chi connectivity index (χ3v) is 6.36. The number of thiocarbonyl (C=S) groups is 1. The summed E-state index contributed by atoms with van der Waals surface area (Å²) in [6.07, 6.45) is 1.75. The summed E-state index contributed by atoms with van der Waals surface area (Å²) in [6.45, 7) is 2.16. The van der Waals surface area contributed by atoms with Crippen molar-refractivity contribution in [2.24, 2.45) is 0 Å². The van der Waals surface area contributed by atoms with Gasteiger partial charge in [-0.05, 0) is 44.8 Å². The number of thiol groups is 1. The summed E-state index contributed by atoms with van der Waals surface area (Å²) in [5.41, 5.74) is 0.766. The molecule has 0 fully saturated rings. The highest BCUT2D eigenvalue weighted by molar-refractivity contribution is 8.11. The summed E-state index contributed by atoms with van der Waals surface area (Å²) in [4.78, 5) is 1.72. The van der Waals surface area contributed by atoms with E-state index in [2.05, 4.69) is 22.7 Å². The van der Waals surface area contributed by atoms with Crippen molar-refractivity contribution < 1.29 is 12.8 Å². The maximum Gasteiger partial charge on any atom is 0.245 e. The Morgan fingerprint density at radius 1 is 1.37 bits per heavy atom. The van der Waals surface area contributed by atoms with Crippen LogP contribution >= 0.6 is 36.4 Å². The lowest BCUT2D eigenvalue weighted by Crippen LogP contribution is -2.44. The van der Waals surface area contributed by atoms with Crippen molar-refractivity contribution >= 4 is 56.4 Å². The van der Waals surface area contributed by atoms with E-state index < -0.39 is 10.0 Å². The van der Waals surface area contributed by atoms with Gasteiger partial charge in [-0.3, -0.25) is 4.90 Å². The molecule has 0 aliphatic rings. The number of benzene rings is 1. The quantitative estimate of drug-likeness (QED) is 0.309. The zero-order valence-electron chi connectivity index (χ0n) is 15.2. The summed E-state index contributed by atoms with van der Waals surface area (Å²) in [7, 11) is -0.337. The van der Waals surface area contributed by atoms with Crippen molar-refractivity contribution in [1.82, 2.24) is 9.62 Å². The minimum absolute atomic E-state index is 0.0649. The third-order valence-electron chi connectivity index (χ3n) is 3.93. The van der Waals surface area contributed by atoms with Gasteiger partial charge in [0.05, 0.1) is 33.9 Å². The zero-order chi connectivity index (χ0) is 20.2. The van der Waals surface area contributed by atoms with Gasteiger partial charge in [-0.1, -0.05) is 30.7 Å². The second kappa shape index (κ2) is 9.40. The molecule has 0 saturated carbocycles. The summed E-state index contributed by atoms with van der Waals surface area (Å²) >= 11 is 15.7. The molecule has 1 heterocycles. The number of anilines is 1. The lowest BCUT2D eigenvalue weighted by atomic mass is 10.2. The maximum absolute atomic E-state index is 13.1. The molecule has 1 unspecified atom stereocenters. The van der Waals surface area contributed by atoms with Crippen molar-refractivity contribution in [3.8, 4) is 0 Å². The Labute approximate surface area is 175 Å². The van der Waals surface area contributed by atoms with Crippen molar-refractivity contribution in [2.45, 2.75) is 31.0 Å². The third kappa shape index (κ3) is 5.46. The van der Waals surface area contributed by atoms with E-state index in [-0.39, 0.29) is 26.8 Å². The monoisotopic (exact) mass is 447 g/mol. The number of hydrogen-bond donors (Lipinski definition) is 3. The van der Waals surface area contributed by atoms with E-state index in [0.717, 1.165) is 0 Å². The van der Waals surface area contributed by atoms with Crippen LogP contribution in [0, 0.1) is 0 Å². The van der Waals surface area contributed by atoms with E-state index in [9.17, 15) is 8.42 Å². The highest BCUT2D eigenvalue weighted by atomic mass is 35.5. The average Bonchev–Trinajstić information content (AvgIpc) is 3.10. The second-order valence-electron chi connectivity index (χ2n) is 6.05. The Bertz CT molecular complexity index is 900. The molecule has 0 radical (unpaired) electrons. The fourth-order valence-corrected chi connectivity index (χ4v) is 5.00. The summed E-state index contributed by atoms with van der Waals surface area (Å²) < 4.78 is 34.5. The van der Waals surface area contributed by atoms with Crippen LogP contribution in [0.2, 0.25) is 5.02 Å². The maximum atomic E-state index is 13.1. The molecule has 0 spiro atoms. The molecule has 2 aromatic rings. The van der Waals surface area contributed by atoms with Crippen molar-refractivity contribution in [3.63, 3.8) is 0 Å². The normalized spacial score (nSPS) is 13.0. The van der Waals surface area contributed by atoms with Gasteiger partial charge in [0.15, 0.2) is 0 Å². The molecule has 6 nitrogen and oxygen atoms in total. The van der Waals surface area contributed by atoms with Crippen LogP contribution in [0.5, 0.6) is 0 Å².